The second-order valence-electron chi connectivity index (χ2n) is 6.72. The normalized spacial score (nSPS) is 13.9. The van der Waals surface area contributed by atoms with Crippen molar-refractivity contribution in [3.8, 4) is 5.75 Å². The molecule has 1 aliphatic heterocycles. The predicted molar refractivity (Wildman–Crippen MR) is 104 cm³/mol. The van der Waals surface area contributed by atoms with Crippen molar-refractivity contribution in [1.29, 1.82) is 0 Å². The first kappa shape index (κ1) is 18.7. The highest BCUT2D eigenvalue weighted by molar-refractivity contribution is 5.95. The minimum atomic E-state index is -1.02. The van der Waals surface area contributed by atoms with E-state index in [-0.39, 0.29) is 5.91 Å². The van der Waals surface area contributed by atoms with E-state index in [4.69, 9.17) is 9.84 Å². The Morgan fingerprint density at radius 3 is 2.33 bits per heavy atom. The summed E-state index contributed by atoms with van der Waals surface area (Å²) in [5.74, 6) is -0.517. The molecule has 2 aromatic carbocycles. The number of carboxylic acid groups (broad SMARTS) is 1. The number of carbonyl (C=O) groups excluding carboxylic acids is 1. The van der Waals surface area contributed by atoms with Gasteiger partial charge in [0, 0.05) is 18.7 Å². The molecular weight excluding hydrogens is 342 g/mol. The minimum absolute atomic E-state index is 0.0191. The fourth-order valence-electron chi connectivity index (χ4n) is 3.39. The summed E-state index contributed by atoms with van der Waals surface area (Å²) in [6.07, 6.45) is 2.94. The molecule has 3 rings (SSSR count). The van der Waals surface area contributed by atoms with Crippen LogP contribution in [0, 0.1) is 13.8 Å². The number of amides is 1. The van der Waals surface area contributed by atoms with Crippen LogP contribution >= 0.6 is 0 Å². The van der Waals surface area contributed by atoms with Crippen LogP contribution in [-0.2, 0) is 4.79 Å². The van der Waals surface area contributed by atoms with Crippen LogP contribution in [0.25, 0.3) is 5.57 Å². The highest BCUT2D eigenvalue weighted by Crippen LogP contribution is 2.27. The summed E-state index contributed by atoms with van der Waals surface area (Å²) >= 11 is 0. The molecule has 5 nitrogen and oxygen atoms in total. The van der Waals surface area contributed by atoms with Crippen LogP contribution in [0.3, 0.4) is 0 Å². The quantitative estimate of drug-likeness (QED) is 0.877. The van der Waals surface area contributed by atoms with Gasteiger partial charge in [-0.3, -0.25) is 4.79 Å². The van der Waals surface area contributed by atoms with Gasteiger partial charge in [-0.1, -0.05) is 36.4 Å². The molecule has 0 radical (unpaired) electrons. The van der Waals surface area contributed by atoms with E-state index in [1.165, 1.54) is 11.1 Å². The Kier molecular flexibility index (Phi) is 5.60. The van der Waals surface area contributed by atoms with Gasteiger partial charge in [0.1, 0.15) is 5.75 Å². The predicted octanol–water partition coefficient (Wildman–Crippen LogP) is 3.70. The van der Waals surface area contributed by atoms with E-state index in [0.717, 1.165) is 17.5 Å². The molecule has 1 amide bonds. The topological polar surface area (TPSA) is 66.8 Å². The van der Waals surface area contributed by atoms with E-state index in [2.05, 4.69) is 18.2 Å². The third kappa shape index (κ3) is 4.37. The number of rotatable bonds is 5. The standard InChI is InChI=1S/C22H23NO4/c1-15-12-19(13-16(2)21(15)27-14-20(24)25)22(26)23-10-8-18(9-11-23)17-6-4-3-5-7-17/h3-8,12-13H,9-11,14H2,1-2H3,(H,24,25). The lowest BCUT2D eigenvalue weighted by Gasteiger charge is -2.27. The van der Waals surface area contributed by atoms with E-state index in [9.17, 15) is 9.59 Å². The van der Waals surface area contributed by atoms with E-state index in [0.29, 0.717) is 24.4 Å². The van der Waals surface area contributed by atoms with Crippen molar-refractivity contribution < 1.29 is 19.4 Å². The minimum Gasteiger partial charge on any atom is -0.481 e. The van der Waals surface area contributed by atoms with Gasteiger partial charge >= 0.3 is 5.97 Å². The summed E-state index contributed by atoms with van der Waals surface area (Å²) in [4.78, 5) is 25.4. The first-order chi connectivity index (χ1) is 13.0. The Hall–Kier alpha value is -3.08. The van der Waals surface area contributed by atoms with E-state index in [1.807, 2.05) is 36.9 Å². The van der Waals surface area contributed by atoms with Crippen molar-refractivity contribution in [2.24, 2.45) is 0 Å². The monoisotopic (exact) mass is 365 g/mol. The first-order valence-electron chi connectivity index (χ1n) is 8.95. The molecule has 0 aliphatic carbocycles. The Morgan fingerprint density at radius 1 is 1.11 bits per heavy atom. The fourth-order valence-corrected chi connectivity index (χ4v) is 3.39. The number of ether oxygens (including phenoxy) is 1. The van der Waals surface area contributed by atoms with Crippen molar-refractivity contribution in [3.63, 3.8) is 0 Å². The number of aryl methyl sites for hydroxylation is 2. The molecule has 1 heterocycles. The second-order valence-corrected chi connectivity index (χ2v) is 6.72. The van der Waals surface area contributed by atoms with Gasteiger partial charge < -0.3 is 14.7 Å². The van der Waals surface area contributed by atoms with Gasteiger partial charge in [-0.2, -0.15) is 0 Å². The molecule has 5 heteroatoms. The van der Waals surface area contributed by atoms with Crippen LogP contribution in [-0.4, -0.2) is 41.6 Å². The molecule has 1 N–H and O–H groups in total. The third-order valence-electron chi connectivity index (χ3n) is 4.69. The van der Waals surface area contributed by atoms with Crippen LogP contribution in [0.1, 0.15) is 33.5 Å². The largest absolute Gasteiger partial charge is 0.481 e. The number of carboxylic acids is 1. The molecule has 0 atom stereocenters. The summed E-state index contributed by atoms with van der Waals surface area (Å²) < 4.78 is 5.34. The van der Waals surface area contributed by atoms with Crippen LogP contribution in [0.15, 0.2) is 48.5 Å². The summed E-state index contributed by atoms with van der Waals surface area (Å²) in [7, 11) is 0. The van der Waals surface area contributed by atoms with Crippen LogP contribution in [0.2, 0.25) is 0 Å². The number of aliphatic carboxylic acids is 1. The van der Waals surface area contributed by atoms with Crippen molar-refractivity contribution in [1.82, 2.24) is 4.90 Å². The molecule has 0 aromatic heterocycles. The van der Waals surface area contributed by atoms with Crippen molar-refractivity contribution >= 4 is 17.4 Å². The molecule has 140 valence electrons. The van der Waals surface area contributed by atoms with Gasteiger partial charge in [0.2, 0.25) is 0 Å². The number of hydrogen-bond acceptors (Lipinski definition) is 3. The van der Waals surface area contributed by atoms with Crippen molar-refractivity contribution in [2.45, 2.75) is 20.3 Å². The fraction of sp³-hybridized carbons (Fsp3) is 0.273. The highest BCUT2D eigenvalue weighted by atomic mass is 16.5. The SMILES string of the molecule is Cc1cc(C(=O)N2CC=C(c3ccccc3)CC2)cc(C)c1OCC(=O)O. The third-order valence-corrected chi connectivity index (χ3v) is 4.69. The lowest BCUT2D eigenvalue weighted by molar-refractivity contribution is -0.139. The molecule has 0 saturated heterocycles. The molecule has 0 saturated carbocycles. The zero-order valence-corrected chi connectivity index (χ0v) is 15.6. The number of carbonyl (C=O) groups is 2. The number of nitrogens with zero attached hydrogens (tertiary/aromatic N) is 1. The average Bonchev–Trinajstić information content (AvgIpc) is 2.67. The van der Waals surface area contributed by atoms with Gasteiger partial charge in [-0.25, -0.2) is 4.79 Å². The molecule has 2 aromatic rings. The molecule has 27 heavy (non-hydrogen) atoms. The Labute approximate surface area is 158 Å². The van der Waals surface area contributed by atoms with Gasteiger partial charge in [0.15, 0.2) is 6.61 Å². The summed E-state index contributed by atoms with van der Waals surface area (Å²) in [5.41, 5.74) is 4.60. The van der Waals surface area contributed by atoms with Gasteiger partial charge in [-0.05, 0) is 54.7 Å². The van der Waals surface area contributed by atoms with E-state index in [1.54, 1.807) is 12.1 Å². The lowest BCUT2D eigenvalue weighted by Crippen LogP contribution is -2.34. The van der Waals surface area contributed by atoms with Gasteiger partial charge in [0.05, 0.1) is 0 Å². The summed E-state index contributed by atoms with van der Waals surface area (Å²) in [5, 5.41) is 8.78. The first-order valence-corrected chi connectivity index (χ1v) is 8.95. The summed E-state index contributed by atoms with van der Waals surface area (Å²) in [6, 6.07) is 13.8. The zero-order valence-electron chi connectivity index (χ0n) is 15.6. The molecule has 0 spiro atoms. The Balaban J connectivity index is 1.73. The zero-order chi connectivity index (χ0) is 19.4. The van der Waals surface area contributed by atoms with Crippen molar-refractivity contribution in [3.05, 3.63) is 70.8 Å². The average molecular weight is 365 g/mol. The van der Waals surface area contributed by atoms with E-state index < -0.39 is 12.6 Å². The Morgan fingerprint density at radius 2 is 1.78 bits per heavy atom. The number of benzene rings is 2. The maximum atomic E-state index is 12.9. The van der Waals surface area contributed by atoms with E-state index >= 15 is 0 Å². The maximum absolute atomic E-state index is 12.9. The highest BCUT2D eigenvalue weighted by Gasteiger charge is 2.21. The smallest absolute Gasteiger partial charge is 0.341 e. The maximum Gasteiger partial charge on any atom is 0.341 e. The van der Waals surface area contributed by atoms with Crippen LogP contribution in [0.4, 0.5) is 0 Å². The molecule has 1 aliphatic rings. The van der Waals surface area contributed by atoms with Gasteiger partial charge in [0.25, 0.3) is 5.91 Å². The summed E-state index contributed by atoms with van der Waals surface area (Å²) in [6.45, 7) is 4.51. The number of hydrogen-bond donors (Lipinski definition) is 1. The second kappa shape index (κ2) is 8.08. The van der Waals surface area contributed by atoms with Crippen LogP contribution in [0.5, 0.6) is 5.75 Å². The molecule has 0 unspecified atom stereocenters. The van der Waals surface area contributed by atoms with Crippen LogP contribution < -0.4 is 4.74 Å². The van der Waals surface area contributed by atoms with Gasteiger partial charge in [-0.15, -0.1) is 0 Å². The van der Waals surface area contributed by atoms with Crippen molar-refractivity contribution in [2.75, 3.05) is 19.7 Å². The molecule has 0 fully saturated rings. The molecular formula is C22H23NO4. The molecule has 0 bridgehead atoms. The lowest BCUT2D eigenvalue weighted by atomic mass is 9.98. The Bertz CT molecular complexity index is 863.